The summed E-state index contributed by atoms with van der Waals surface area (Å²) >= 11 is 0. The molecular weight excluding hydrogens is 308 g/mol. The average Bonchev–Trinajstić information content (AvgIpc) is 2.52. The molecule has 6 heteroatoms. The quantitative estimate of drug-likeness (QED) is 0.809. The molecule has 1 aliphatic rings. The Morgan fingerprint density at radius 3 is 2.50 bits per heavy atom. The lowest BCUT2D eigenvalue weighted by Crippen LogP contribution is -2.37. The molecule has 0 aliphatic carbocycles. The van der Waals surface area contributed by atoms with Crippen LogP contribution in [0.25, 0.3) is 0 Å². The summed E-state index contributed by atoms with van der Waals surface area (Å²) in [5, 5.41) is 2.70. The van der Waals surface area contributed by atoms with Gasteiger partial charge in [-0.15, -0.1) is 0 Å². The van der Waals surface area contributed by atoms with E-state index < -0.39 is 11.7 Å². The fraction of sp³-hybridized carbons (Fsp3) is 0.611. The molecule has 0 aromatic heterocycles. The largest absolute Gasteiger partial charge is 0.494 e. The van der Waals surface area contributed by atoms with E-state index in [4.69, 9.17) is 14.2 Å². The summed E-state index contributed by atoms with van der Waals surface area (Å²) in [6.45, 7) is 10.9. The van der Waals surface area contributed by atoms with Crippen LogP contribution in [0.1, 0.15) is 27.2 Å². The summed E-state index contributed by atoms with van der Waals surface area (Å²) in [6.07, 6.45) is 0.527. The monoisotopic (exact) mass is 336 g/mol. The molecule has 24 heavy (non-hydrogen) atoms. The molecule has 1 N–H and O–H groups in total. The highest BCUT2D eigenvalue weighted by Gasteiger charge is 2.16. The molecule has 0 saturated carbocycles. The fourth-order valence-corrected chi connectivity index (χ4v) is 2.36. The smallest absolute Gasteiger partial charge is 0.412 e. The number of rotatable bonds is 6. The van der Waals surface area contributed by atoms with E-state index in [2.05, 4.69) is 10.2 Å². The van der Waals surface area contributed by atoms with Crippen molar-refractivity contribution in [2.75, 3.05) is 44.8 Å². The SMILES string of the molecule is CC(C)(C)OC(=O)Nc1ccc(OCCCN2CCOCC2)cc1. The van der Waals surface area contributed by atoms with Crippen LogP contribution in [0.15, 0.2) is 24.3 Å². The van der Waals surface area contributed by atoms with Crippen molar-refractivity contribution in [2.24, 2.45) is 0 Å². The number of amides is 1. The van der Waals surface area contributed by atoms with Crippen LogP contribution < -0.4 is 10.1 Å². The zero-order chi connectivity index (χ0) is 17.4. The third kappa shape index (κ3) is 7.19. The van der Waals surface area contributed by atoms with Crippen LogP contribution in [0.4, 0.5) is 10.5 Å². The van der Waals surface area contributed by atoms with Crippen LogP contribution in [0, 0.1) is 0 Å². The van der Waals surface area contributed by atoms with E-state index in [0.29, 0.717) is 12.3 Å². The maximum absolute atomic E-state index is 11.7. The first-order valence-electron chi connectivity index (χ1n) is 8.45. The van der Waals surface area contributed by atoms with E-state index in [0.717, 1.165) is 45.0 Å². The third-order valence-electron chi connectivity index (χ3n) is 3.49. The van der Waals surface area contributed by atoms with Crippen LogP contribution in [0.5, 0.6) is 5.75 Å². The molecule has 1 heterocycles. The van der Waals surface area contributed by atoms with Crippen LogP contribution in [0.3, 0.4) is 0 Å². The second-order valence-corrected chi connectivity index (χ2v) is 6.81. The molecule has 1 amide bonds. The van der Waals surface area contributed by atoms with Gasteiger partial charge in [-0.05, 0) is 51.5 Å². The molecule has 0 atom stereocenters. The van der Waals surface area contributed by atoms with Gasteiger partial charge in [0.25, 0.3) is 0 Å². The van der Waals surface area contributed by atoms with Crippen molar-refractivity contribution in [3.05, 3.63) is 24.3 Å². The number of anilines is 1. The summed E-state index contributed by atoms with van der Waals surface area (Å²) < 4.78 is 16.3. The van der Waals surface area contributed by atoms with Gasteiger partial charge in [-0.2, -0.15) is 0 Å². The average molecular weight is 336 g/mol. The van der Waals surface area contributed by atoms with Crippen molar-refractivity contribution in [1.82, 2.24) is 4.90 Å². The molecule has 0 unspecified atom stereocenters. The Morgan fingerprint density at radius 2 is 1.88 bits per heavy atom. The Balaban J connectivity index is 1.67. The summed E-state index contributed by atoms with van der Waals surface area (Å²) in [5.74, 6) is 0.798. The second-order valence-electron chi connectivity index (χ2n) is 6.81. The molecule has 2 rings (SSSR count). The fourth-order valence-electron chi connectivity index (χ4n) is 2.36. The minimum Gasteiger partial charge on any atom is -0.494 e. The maximum atomic E-state index is 11.7. The standard InChI is InChI=1S/C18H28N2O4/c1-18(2,3)24-17(21)19-15-5-7-16(8-6-15)23-12-4-9-20-10-13-22-14-11-20/h5-8H,4,9-14H2,1-3H3,(H,19,21). The highest BCUT2D eigenvalue weighted by atomic mass is 16.6. The van der Waals surface area contributed by atoms with Gasteiger partial charge < -0.3 is 14.2 Å². The summed E-state index contributed by atoms with van der Waals surface area (Å²) in [6, 6.07) is 7.31. The van der Waals surface area contributed by atoms with Crippen LogP contribution in [0.2, 0.25) is 0 Å². The molecule has 1 aliphatic heterocycles. The molecule has 0 spiro atoms. The van der Waals surface area contributed by atoms with Gasteiger partial charge in [-0.3, -0.25) is 10.2 Å². The lowest BCUT2D eigenvalue weighted by atomic mass is 10.2. The van der Waals surface area contributed by atoms with E-state index in [1.807, 2.05) is 32.9 Å². The molecule has 0 radical (unpaired) electrons. The van der Waals surface area contributed by atoms with E-state index in [1.54, 1.807) is 12.1 Å². The molecule has 1 saturated heterocycles. The Labute approximate surface area is 144 Å². The Kier molecular flexibility index (Phi) is 6.87. The Bertz CT molecular complexity index is 505. The zero-order valence-electron chi connectivity index (χ0n) is 14.8. The number of ether oxygens (including phenoxy) is 3. The van der Waals surface area contributed by atoms with Crippen LogP contribution in [-0.2, 0) is 9.47 Å². The number of hydrogen-bond donors (Lipinski definition) is 1. The highest BCUT2D eigenvalue weighted by Crippen LogP contribution is 2.17. The van der Waals surface area contributed by atoms with Gasteiger partial charge in [0.2, 0.25) is 0 Å². The maximum Gasteiger partial charge on any atom is 0.412 e. The van der Waals surface area contributed by atoms with E-state index in [1.165, 1.54) is 0 Å². The van der Waals surface area contributed by atoms with Crippen molar-refractivity contribution in [3.8, 4) is 5.75 Å². The van der Waals surface area contributed by atoms with Crippen LogP contribution >= 0.6 is 0 Å². The van der Waals surface area contributed by atoms with Gasteiger partial charge in [0.1, 0.15) is 11.4 Å². The number of carbonyl (C=O) groups excluding carboxylic acids is 1. The number of morpholine rings is 1. The Morgan fingerprint density at radius 1 is 1.21 bits per heavy atom. The predicted molar refractivity (Wildman–Crippen MR) is 93.7 cm³/mol. The second kappa shape index (κ2) is 8.89. The van der Waals surface area contributed by atoms with Gasteiger partial charge in [-0.1, -0.05) is 0 Å². The molecule has 6 nitrogen and oxygen atoms in total. The first-order valence-corrected chi connectivity index (χ1v) is 8.45. The number of benzene rings is 1. The summed E-state index contributed by atoms with van der Waals surface area (Å²) in [5.41, 5.74) is 0.179. The molecule has 1 aromatic carbocycles. The Hall–Kier alpha value is -1.79. The van der Waals surface area contributed by atoms with Gasteiger partial charge in [0.15, 0.2) is 0 Å². The van der Waals surface area contributed by atoms with Crippen molar-refractivity contribution >= 4 is 11.8 Å². The van der Waals surface area contributed by atoms with Gasteiger partial charge in [0, 0.05) is 25.3 Å². The molecule has 134 valence electrons. The molecule has 1 fully saturated rings. The predicted octanol–water partition coefficient (Wildman–Crippen LogP) is 3.13. The topological polar surface area (TPSA) is 60.0 Å². The van der Waals surface area contributed by atoms with Crippen molar-refractivity contribution < 1.29 is 19.0 Å². The molecular formula is C18H28N2O4. The van der Waals surface area contributed by atoms with Crippen molar-refractivity contribution in [3.63, 3.8) is 0 Å². The number of nitrogens with one attached hydrogen (secondary N) is 1. The minimum absolute atomic E-state index is 0.457. The van der Waals surface area contributed by atoms with Crippen molar-refractivity contribution in [1.29, 1.82) is 0 Å². The van der Waals surface area contributed by atoms with Crippen LogP contribution in [-0.4, -0.2) is 56.0 Å². The summed E-state index contributed by atoms with van der Waals surface area (Å²) in [7, 11) is 0. The normalized spacial score (nSPS) is 15.8. The lowest BCUT2D eigenvalue weighted by molar-refractivity contribution is 0.0358. The van der Waals surface area contributed by atoms with Gasteiger partial charge in [0.05, 0.1) is 19.8 Å². The molecule has 0 bridgehead atoms. The third-order valence-corrected chi connectivity index (χ3v) is 3.49. The number of nitrogens with zero attached hydrogens (tertiary/aromatic N) is 1. The minimum atomic E-state index is -0.506. The van der Waals surface area contributed by atoms with Gasteiger partial charge in [-0.25, -0.2) is 4.79 Å². The highest BCUT2D eigenvalue weighted by molar-refractivity contribution is 5.84. The van der Waals surface area contributed by atoms with Gasteiger partial charge >= 0.3 is 6.09 Å². The summed E-state index contributed by atoms with van der Waals surface area (Å²) in [4.78, 5) is 14.1. The van der Waals surface area contributed by atoms with Crippen molar-refractivity contribution in [2.45, 2.75) is 32.8 Å². The first-order chi connectivity index (χ1) is 11.4. The van der Waals surface area contributed by atoms with E-state index in [9.17, 15) is 4.79 Å². The van der Waals surface area contributed by atoms with E-state index in [-0.39, 0.29) is 0 Å². The number of hydrogen-bond acceptors (Lipinski definition) is 5. The van der Waals surface area contributed by atoms with E-state index >= 15 is 0 Å². The zero-order valence-corrected chi connectivity index (χ0v) is 14.8. The molecule has 1 aromatic rings. The lowest BCUT2D eigenvalue weighted by Gasteiger charge is -2.26. The first kappa shape index (κ1) is 18.5. The number of carbonyl (C=O) groups is 1.